The quantitative estimate of drug-likeness (QED) is 0.788. The van der Waals surface area contributed by atoms with Crippen LogP contribution in [0, 0.1) is 5.92 Å². The van der Waals surface area contributed by atoms with E-state index in [4.69, 9.17) is 10.5 Å². The number of rotatable bonds is 5. The Hall–Kier alpha value is -0.160. The van der Waals surface area contributed by atoms with Crippen molar-refractivity contribution in [1.82, 2.24) is 9.80 Å². The molecule has 0 aromatic carbocycles. The molecule has 4 nitrogen and oxygen atoms in total. The fourth-order valence-corrected chi connectivity index (χ4v) is 2.91. The first kappa shape index (κ1) is 14.3. The van der Waals surface area contributed by atoms with Gasteiger partial charge in [-0.3, -0.25) is 4.90 Å². The minimum absolute atomic E-state index is 0.494. The molecular formula is C14H29N3O. The Morgan fingerprint density at radius 3 is 2.50 bits per heavy atom. The summed E-state index contributed by atoms with van der Waals surface area (Å²) in [6.45, 7) is 11.1. The maximum atomic E-state index is 5.82. The van der Waals surface area contributed by atoms with Crippen LogP contribution in [0.3, 0.4) is 0 Å². The van der Waals surface area contributed by atoms with Gasteiger partial charge in [0.25, 0.3) is 0 Å². The highest BCUT2D eigenvalue weighted by Gasteiger charge is 2.22. The third-order valence-electron chi connectivity index (χ3n) is 4.17. The molecule has 18 heavy (non-hydrogen) atoms. The molecule has 2 aliphatic rings. The van der Waals surface area contributed by atoms with E-state index in [1.165, 1.54) is 45.4 Å². The van der Waals surface area contributed by atoms with Crippen LogP contribution in [0.2, 0.25) is 0 Å². The number of hydrogen-bond donors (Lipinski definition) is 1. The molecular weight excluding hydrogens is 226 g/mol. The molecule has 0 aromatic rings. The summed E-state index contributed by atoms with van der Waals surface area (Å²) < 4.78 is 5.82. The van der Waals surface area contributed by atoms with Gasteiger partial charge in [-0.1, -0.05) is 6.92 Å². The van der Waals surface area contributed by atoms with Gasteiger partial charge in [0.2, 0.25) is 0 Å². The molecule has 2 heterocycles. The van der Waals surface area contributed by atoms with Gasteiger partial charge >= 0.3 is 0 Å². The van der Waals surface area contributed by atoms with Gasteiger partial charge in [-0.05, 0) is 31.7 Å². The minimum atomic E-state index is 0.494. The molecule has 106 valence electrons. The molecule has 2 N–H and O–H groups in total. The fourth-order valence-electron chi connectivity index (χ4n) is 2.91. The Kier molecular flexibility index (Phi) is 5.89. The normalized spacial score (nSPS) is 29.3. The van der Waals surface area contributed by atoms with E-state index in [-0.39, 0.29) is 0 Å². The van der Waals surface area contributed by atoms with Crippen molar-refractivity contribution in [1.29, 1.82) is 0 Å². The average Bonchev–Trinajstić information content (AvgIpc) is 2.42. The van der Waals surface area contributed by atoms with Crippen LogP contribution in [-0.4, -0.2) is 68.3 Å². The van der Waals surface area contributed by atoms with E-state index >= 15 is 0 Å². The molecule has 4 heteroatoms. The predicted molar refractivity (Wildman–Crippen MR) is 74.7 cm³/mol. The molecule has 2 rings (SSSR count). The smallest absolute Gasteiger partial charge is 0.0702 e. The molecule has 2 atom stereocenters. The van der Waals surface area contributed by atoms with Gasteiger partial charge in [0, 0.05) is 45.9 Å². The fraction of sp³-hybridized carbons (Fsp3) is 1.00. The maximum absolute atomic E-state index is 5.82. The predicted octanol–water partition coefficient (Wildman–Crippen LogP) is 0.768. The lowest BCUT2D eigenvalue weighted by Crippen LogP contribution is -2.50. The minimum Gasteiger partial charge on any atom is -0.377 e. The summed E-state index contributed by atoms with van der Waals surface area (Å²) in [6, 6.07) is 0. The highest BCUT2D eigenvalue weighted by molar-refractivity contribution is 4.77. The Balaban J connectivity index is 1.63. The van der Waals surface area contributed by atoms with Crippen molar-refractivity contribution < 1.29 is 4.74 Å². The second kappa shape index (κ2) is 7.43. The van der Waals surface area contributed by atoms with Crippen molar-refractivity contribution in [2.75, 3.05) is 52.4 Å². The standard InChI is InChI=1S/C14H29N3O/c1-13(10-15)11-16-5-7-17(8-6-16)12-14-4-2-3-9-18-14/h13-14H,2-12,15H2,1H3. The maximum Gasteiger partial charge on any atom is 0.0702 e. The Labute approximate surface area is 111 Å². The first-order chi connectivity index (χ1) is 8.78. The van der Waals surface area contributed by atoms with E-state index in [1.807, 2.05) is 0 Å². The molecule has 0 bridgehead atoms. The first-order valence-corrected chi connectivity index (χ1v) is 7.54. The van der Waals surface area contributed by atoms with Crippen molar-refractivity contribution in [3.8, 4) is 0 Å². The van der Waals surface area contributed by atoms with E-state index < -0.39 is 0 Å². The van der Waals surface area contributed by atoms with Crippen molar-refractivity contribution in [2.24, 2.45) is 11.7 Å². The zero-order valence-corrected chi connectivity index (χ0v) is 11.8. The second-order valence-electron chi connectivity index (χ2n) is 5.93. The van der Waals surface area contributed by atoms with Crippen LogP contribution >= 0.6 is 0 Å². The molecule has 2 unspecified atom stereocenters. The van der Waals surface area contributed by atoms with E-state index in [9.17, 15) is 0 Å². The molecule has 2 fully saturated rings. The summed E-state index contributed by atoms with van der Waals surface area (Å²) in [7, 11) is 0. The average molecular weight is 255 g/mol. The Morgan fingerprint density at radius 2 is 1.89 bits per heavy atom. The zero-order valence-electron chi connectivity index (χ0n) is 11.8. The lowest BCUT2D eigenvalue weighted by Gasteiger charge is -2.37. The number of hydrogen-bond acceptors (Lipinski definition) is 4. The largest absolute Gasteiger partial charge is 0.377 e. The van der Waals surface area contributed by atoms with E-state index in [0.29, 0.717) is 12.0 Å². The van der Waals surface area contributed by atoms with Gasteiger partial charge in [0.15, 0.2) is 0 Å². The van der Waals surface area contributed by atoms with Crippen molar-refractivity contribution >= 4 is 0 Å². The second-order valence-corrected chi connectivity index (χ2v) is 5.93. The topological polar surface area (TPSA) is 41.7 Å². The molecule has 2 saturated heterocycles. The molecule has 0 amide bonds. The van der Waals surface area contributed by atoms with Gasteiger partial charge in [-0.2, -0.15) is 0 Å². The lowest BCUT2D eigenvalue weighted by atomic mass is 10.1. The number of nitrogens with two attached hydrogens (primary N) is 1. The van der Waals surface area contributed by atoms with Crippen LogP contribution in [0.5, 0.6) is 0 Å². The van der Waals surface area contributed by atoms with Crippen LogP contribution in [0.25, 0.3) is 0 Å². The highest BCUT2D eigenvalue weighted by atomic mass is 16.5. The van der Waals surface area contributed by atoms with Crippen LogP contribution in [-0.2, 0) is 4.74 Å². The number of ether oxygens (including phenoxy) is 1. The summed E-state index contributed by atoms with van der Waals surface area (Å²) in [4.78, 5) is 5.12. The van der Waals surface area contributed by atoms with Gasteiger partial charge in [0.1, 0.15) is 0 Å². The Bertz CT molecular complexity index is 223. The molecule has 0 spiro atoms. The van der Waals surface area contributed by atoms with Crippen LogP contribution in [0.15, 0.2) is 0 Å². The van der Waals surface area contributed by atoms with E-state index in [1.54, 1.807) is 0 Å². The van der Waals surface area contributed by atoms with Crippen LogP contribution in [0.1, 0.15) is 26.2 Å². The van der Waals surface area contributed by atoms with Crippen molar-refractivity contribution in [3.63, 3.8) is 0 Å². The monoisotopic (exact) mass is 255 g/mol. The zero-order chi connectivity index (χ0) is 12.8. The SMILES string of the molecule is CC(CN)CN1CCN(CC2CCCCO2)CC1. The number of piperazine rings is 1. The molecule has 0 saturated carbocycles. The highest BCUT2D eigenvalue weighted by Crippen LogP contribution is 2.15. The van der Waals surface area contributed by atoms with Gasteiger partial charge < -0.3 is 15.4 Å². The van der Waals surface area contributed by atoms with Crippen LogP contribution < -0.4 is 5.73 Å². The van der Waals surface area contributed by atoms with Crippen molar-refractivity contribution in [3.05, 3.63) is 0 Å². The lowest BCUT2D eigenvalue weighted by molar-refractivity contribution is -0.0147. The molecule has 0 aliphatic carbocycles. The molecule has 0 radical (unpaired) electrons. The van der Waals surface area contributed by atoms with Gasteiger partial charge in [0.05, 0.1) is 6.10 Å². The number of nitrogens with zero attached hydrogens (tertiary/aromatic N) is 2. The van der Waals surface area contributed by atoms with Gasteiger partial charge in [-0.15, -0.1) is 0 Å². The summed E-state index contributed by atoms with van der Waals surface area (Å²) in [5, 5.41) is 0. The van der Waals surface area contributed by atoms with Crippen molar-refractivity contribution in [2.45, 2.75) is 32.3 Å². The third-order valence-corrected chi connectivity index (χ3v) is 4.17. The van der Waals surface area contributed by atoms with Crippen LogP contribution in [0.4, 0.5) is 0 Å². The molecule has 2 aliphatic heterocycles. The first-order valence-electron chi connectivity index (χ1n) is 7.54. The van der Waals surface area contributed by atoms with E-state index in [0.717, 1.165) is 26.2 Å². The van der Waals surface area contributed by atoms with Gasteiger partial charge in [-0.25, -0.2) is 0 Å². The summed E-state index contributed by atoms with van der Waals surface area (Å²) >= 11 is 0. The summed E-state index contributed by atoms with van der Waals surface area (Å²) in [5.74, 6) is 0.623. The Morgan fingerprint density at radius 1 is 1.17 bits per heavy atom. The van der Waals surface area contributed by atoms with E-state index in [2.05, 4.69) is 16.7 Å². The summed E-state index contributed by atoms with van der Waals surface area (Å²) in [5.41, 5.74) is 5.69. The molecule has 0 aromatic heterocycles. The summed E-state index contributed by atoms with van der Waals surface area (Å²) in [6.07, 6.45) is 4.35. The third kappa shape index (κ3) is 4.50.